The molecule has 2 N–H and O–H groups in total. The third kappa shape index (κ3) is 7.85. The number of unbranched alkanes of at least 4 members (excludes halogenated alkanes) is 1. The second kappa shape index (κ2) is 11.9. The molecule has 0 unspecified atom stereocenters. The Kier molecular flexibility index (Phi) is 9.56. The lowest BCUT2D eigenvalue weighted by atomic mass is 10.1. The monoisotopic (exact) mass is 377 g/mol. The van der Waals surface area contributed by atoms with Gasteiger partial charge in [-0.05, 0) is 57.0 Å². The van der Waals surface area contributed by atoms with E-state index in [-0.39, 0.29) is 5.82 Å². The number of hydrogen-bond donors (Lipinski definition) is 2. The predicted octanol–water partition coefficient (Wildman–Crippen LogP) is 2.61. The van der Waals surface area contributed by atoms with Crippen molar-refractivity contribution in [3.8, 4) is 0 Å². The van der Waals surface area contributed by atoms with Gasteiger partial charge in [-0.2, -0.15) is 0 Å². The van der Waals surface area contributed by atoms with Crippen molar-refractivity contribution in [2.45, 2.75) is 40.2 Å². The van der Waals surface area contributed by atoms with Gasteiger partial charge in [-0.25, -0.2) is 9.38 Å². The molecule has 1 saturated heterocycles. The molecule has 1 aromatic carbocycles. The summed E-state index contributed by atoms with van der Waals surface area (Å²) >= 11 is 0. The molecule has 1 fully saturated rings. The molecule has 1 heterocycles. The molecule has 0 saturated carbocycles. The molecule has 152 valence electrons. The summed E-state index contributed by atoms with van der Waals surface area (Å²) < 4.78 is 13.4. The number of aliphatic imine (C=N–C) groups is 1. The zero-order chi connectivity index (χ0) is 19.5. The number of benzene rings is 1. The fraction of sp³-hybridized carbons (Fsp3) is 0.667. The van der Waals surface area contributed by atoms with E-state index in [9.17, 15) is 4.39 Å². The zero-order valence-corrected chi connectivity index (χ0v) is 17.2. The van der Waals surface area contributed by atoms with Crippen molar-refractivity contribution in [1.82, 2.24) is 20.4 Å². The quantitative estimate of drug-likeness (QED) is 0.394. The minimum Gasteiger partial charge on any atom is -0.357 e. The van der Waals surface area contributed by atoms with E-state index in [1.165, 1.54) is 51.8 Å². The van der Waals surface area contributed by atoms with Crippen molar-refractivity contribution in [2.75, 3.05) is 52.4 Å². The molecule has 1 aliphatic rings. The summed E-state index contributed by atoms with van der Waals surface area (Å²) in [6.45, 7) is 15.5. The van der Waals surface area contributed by atoms with E-state index < -0.39 is 0 Å². The summed E-state index contributed by atoms with van der Waals surface area (Å²) in [5.74, 6) is 0.667. The Morgan fingerprint density at radius 3 is 2.48 bits per heavy atom. The van der Waals surface area contributed by atoms with Gasteiger partial charge in [0.1, 0.15) is 5.82 Å². The highest BCUT2D eigenvalue weighted by Crippen LogP contribution is 2.10. The average Bonchev–Trinajstić information content (AvgIpc) is 2.68. The second-order valence-electron chi connectivity index (χ2n) is 7.19. The third-order valence-electron chi connectivity index (χ3n) is 5.09. The highest BCUT2D eigenvalue weighted by molar-refractivity contribution is 5.79. The number of nitrogens with zero attached hydrogens (tertiary/aromatic N) is 3. The van der Waals surface area contributed by atoms with Gasteiger partial charge >= 0.3 is 0 Å². The summed E-state index contributed by atoms with van der Waals surface area (Å²) in [5, 5.41) is 6.69. The van der Waals surface area contributed by atoms with E-state index in [0.717, 1.165) is 31.0 Å². The summed E-state index contributed by atoms with van der Waals surface area (Å²) in [7, 11) is 0. The van der Waals surface area contributed by atoms with Gasteiger partial charge in [-0.15, -0.1) is 0 Å². The molecule has 0 aromatic heterocycles. The smallest absolute Gasteiger partial charge is 0.191 e. The van der Waals surface area contributed by atoms with Crippen LogP contribution in [0.1, 0.15) is 37.8 Å². The molecule has 2 rings (SSSR count). The average molecular weight is 378 g/mol. The first-order chi connectivity index (χ1) is 13.1. The third-order valence-corrected chi connectivity index (χ3v) is 5.09. The van der Waals surface area contributed by atoms with Crippen LogP contribution in [0, 0.1) is 12.7 Å². The van der Waals surface area contributed by atoms with Gasteiger partial charge in [0.05, 0.1) is 6.54 Å². The minimum atomic E-state index is -0.163. The molecule has 0 radical (unpaired) electrons. The summed E-state index contributed by atoms with van der Waals surface area (Å²) in [6.07, 6.45) is 2.34. The van der Waals surface area contributed by atoms with Crippen LogP contribution in [0.2, 0.25) is 0 Å². The maximum absolute atomic E-state index is 13.4. The lowest BCUT2D eigenvalue weighted by molar-refractivity contribution is 0.136. The largest absolute Gasteiger partial charge is 0.357 e. The van der Waals surface area contributed by atoms with Gasteiger partial charge in [0.2, 0.25) is 0 Å². The maximum atomic E-state index is 13.4. The Morgan fingerprint density at radius 2 is 1.81 bits per heavy atom. The lowest BCUT2D eigenvalue weighted by Gasteiger charge is -2.34. The normalized spacial score (nSPS) is 16.5. The highest BCUT2D eigenvalue weighted by Gasteiger charge is 2.14. The molecular formula is C21H36FN5. The Morgan fingerprint density at radius 1 is 1.07 bits per heavy atom. The Labute approximate surface area is 164 Å². The van der Waals surface area contributed by atoms with E-state index in [1.807, 2.05) is 6.07 Å². The van der Waals surface area contributed by atoms with E-state index in [1.54, 1.807) is 13.0 Å². The van der Waals surface area contributed by atoms with Crippen molar-refractivity contribution < 1.29 is 4.39 Å². The van der Waals surface area contributed by atoms with Crippen molar-refractivity contribution in [2.24, 2.45) is 4.99 Å². The first-order valence-corrected chi connectivity index (χ1v) is 10.3. The van der Waals surface area contributed by atoms with Crippen molar-refractivity contribution in [3.05, 3.63) is 35.1 Å². The highest BCUT2D eigenvalue weighted by atomic mass is 19.1. The SMILES string of the molecule is CCNC(=NCc1ccc(F)c(C)c1)NCCCCN1CCN(CC)CC1. The van der Waals surface area contributed by atoms with Crippen LogP contribution in [0.5, 0.6) is 0 Å². The fourth-order valence-electron chi connectivity index (χ4n) is 3.31. The molecule has 1 aromatic rings. The molecule has 6 heteroatoms. The molecule has 0 amide bonds. The molecule has 5 nitrogen and oxygen atoms in total. The number of aryl methyl sites for hydroxylation is 1. The summed E-state index contributed by atoms with van der Waals surface area (Å²) in [4.78, 5) is 9.70. The zero-order valence-electron chi connectivity index (χ0n) is 17.2. The minimum absolute atomic E-state index is 0.163. The predicted molar refractivity (Wildman–Crippen MR) is 112 cm³/mol. The number of likely N-dealkylation sites (N-methyl/N-ethyl adjacent to an activating group) is 1. The number of piperazine rings is 1. The first kappa shape index (κ1) is 21.6. The summed E-state index contributed by atoms with van der Waals surface area (Å²) in [5.41, 5.74) is 1.69. The van der Waals surface area contributed by atoms with Crippen molar-refractivity contribution in [3.63, 3.8) is 0 Å². The van der Waals surface area contributed by atoms with E-state index in [4.69, 9.17) is 0 Å². The Bertz CT molecular complexity index is 582. The van der Waals surface area contributed by atoms with Crippen molar-refractivity contribution in [1.29, 1.82) is 0 Å². The number of nitrogens with one attached hydrogen (secondary N) is 2. The van der Waals surface area contributed by atoms with Gasteiger partial charge in [0.15, 0.2) is 5.96 Å². The summed E-state index contributed by atoms with van der Waals surface area (Å²) in [6, 6.07) is 5.18. The Balaban J connectivity index is 1.67. The Hall–Kier alpha value is -1.66. The number of halogens is 1. The lowest BCUT2D eigenvalue weighted by Crippen LogP contribution is -2.46. The second-order valence-corrected chi connectivity index (χ2v) is 7.19. The van der Waals surface area contributed by atoms with Gasteiger partial charge in [0, 0.05) is 39.3 Å². The molecule has 27 heavy (non-hydrogen) atoms. The van der Waals surface area contributed by atoms with Gasteiger partial charge in [-0.1, -0.05) is 19.1 Å². The molecule has 0 bridgehead atoms. The van der Waals surface area contributed by atoms with Crippen LogP contribution in [0.15, 0.2) is 23.2 Å². The first-order valence-electron chi connectivity index (χ1n) is 10.3. The maximum Gasteiger partial charge on any atom is 0.191 e. The van der Waals surface area contributed by atoms with E-state index in [0.29, 0.717) is 12.1 Å². The van der Waals surface area contributed by atoms with Crippen LogP contribution in [0.4, 0.5) is 4.39 Å². The molecular weight excluding hydrogens is 341 g/mol. The van der Waals surface area contributed by atoms with Crippen molar-refractivity contribution >= 4 is 5.96 Å². The van der Waals surface area contributed by atoms with Gasteiger partial charge in [0.25, 0.3) is 0 Å². The van der Waals surface area contributed by atoms with E-state index in [2.05, 4.69) is 39.3 Å². The van der Waals surface area contributed by atoms with Crippen LogP contribution < -0.4 is 10.6 Å². The molecule has 0 atom stereocenters. The molecule has 0 spiro atoms. The number of guanidine groups is 1. The fourth-order valence-corrected chi connectivity index (χ4v) is 3.31. The van der Waals surface area contributed by atoms with Crippen LogP contribution in [0.25, 0.3) is 0 Å². The van der Waals surface area contributed by atoms with Crippen LogP contribution in [-0.2, 0) is 6.54 Å². The van der Waals surface area contributed by atoms with Crippen LogP contribution in [0.3, 0.4) is 0 Å². The standard InChI is InChI=1S/C21H36FN5/c1-4-23-21(25-17-19-8-9-20(22)18(3)16-19)24-10-6-7-11-27-14-12-26(5-2)13-15-27/h8-9,16H,4-7,10-15,17H2,1-3H3,(H2,23,24,25). The molecule has 0 aliphatic carbocycles. The van der Waals surface area contributed by atoms with Crippen LogP contribution in [-0.4, -0.2) is 68.1 Å². The topological polar surface area (TPSA) is 42.9 Å². The van der Waals surface area contributed by atoms with Crippen LogP contribution >= 0.6 is 0 Å². The number of rotatable bonds is 9. The molecule has 1 aliphatic heterocycles. The van der Waals surface area contributed by atoms with Gasteiger partial charge in [-0.3, -0.25) is 0 Å². The number of hydrogen-bond acceptors (Lipinski definition) is 3. The van der Waals surface area contributed by atoms with Gasteiger partial charge < -0.3 is 20.4 Å². The van der Waals surface area contributed by atoms with E-state index >= 15 is 0 Å².